The van der Waals surface area contributed by atoms with Gasteiger partial charge in [0.05, 0.1) is 25.7 Å². The Balaban J connectivity index is 1.51. The van der Waals surface area contributed by atoms with Crippen LogP contribution in [0.15, 0.2) is 53.7 Å². The number of hydrogen-bond donors (Lipinski definition) is 3. The second kappa shape index (κ2) is 10.9. The summed E-state index contributed by atoms with van der Waals surface area (Å²) in [5.41, 5.74) is 1.30. The molecule has 35 heavy (non-hydrogen) atoms. The molecule has 4 amide bonds. The number of benzene rings is 2. The number of para-hydroxylation sites is 1. The van der Waals surface area contributed by atoms with Crippen molar-refractivity contribution in [1.82, 2.24) is 25.4 Å². The number of rotatable bonds is 9. The van der Waals surface area contributed by atoms with E-state index in [0.29, 0.717) is 34.6 Å². The van der Waals surface area contributed by atoms with Crippen LogP contribution in [-0.2, 0) is 16.0 Å². The number of anilines is 1. The van der Waals surface area contributed by atoms with Gasteiger partial charge in [0.2, 0.25) is 11.8 Å². The molecule has 1 aromatic heterocycles. The highest BCUT2D eigenvalue weighted by atomic mass is 32.2. The van der Waals surface area contributed by atoms with Crippen molar-refractivity contribution in [3.8, 4) is 17.2 Å². The first-order valence-corrected chi connectivity index (χ1v) is 11.7. The van der Waals surface area contributed by atoms with Crippen molar-refractivity contribution in [2.24, 2.45) is 0 Å². The van der Waals surface area contributed by atoms with Gasteiger partial charge >= 0.3 is 6.03 Å². The zero-order valence-corrected chi connectivity index (χ0v) is 19.9. The van der Waals surface area contributed by atoms with Crippen molar-refractivity contribution in [2.45, 2.75) is 24.0 Å². The van der Waals surface area contributed by atoms with Crippen LogP contribution in [0.25, 0.3) is 5.69 Å². The number of amides is 4. The van der Waals surface area contributed by atoms with Crippen LogP contribution < -0.4 is 25.4 Å². The second-order valence-electron chi connectivity index (χ2n) is 7.60. The summed E-state index contributed by atoms with van der Waals surface area (Å²) in [6, 6.07) is 13.6. The average Bonchev–Trinajstić information content (AvgIpc) is 3.24. The third kappa shape index (κ3) is 5.90. The van der Waals surface area contributed by atoms with Gasteiger partial charge in [0, 0.05) is 30.6 Å². The number of carbonyl (C=O) groups excluding carboxylic acids is 3. The van der Waals surface area contributed by atoms with Crippen LogP contribution >= 0.6 is 11.8 Å². The molecule has 3 N–H and O–H groups in total. The van der Waals surface area contributed by atoms with E-state index >= 15 is 0 Å². The molecule has 1 aliphatic heterocycles. The number of thioether (sulfide) groups is 1. The SMILES string of the molecule is COc1ccc(OC)c(NC(=O)CSc2nnc(CC3CC(=O)NC(=O)N3)n2-c2ccccc2)c1. The van der Waals surface area contributed by atoms with Gasteiger partial charge in [0.1, 0.15) is 17.3 Å². The predicted octanol–water partition coefficient (Wildman–Crippen LogP) is 2.16. The number of nitrogens with one attached hydrogen (secondary N) is 3. The molecule has 182 valence electrons. The number of methoxy groups -OCH3 is 2. The molecule has 1 atom stereocenters. The van der Waals surface area contributed by atoms with Crippen molar-refractivity contribution >= 4 is 35.3 Å². The monoisotopic (exact) mass is 496 g/mol. The van der Waals surface area contributed by atoms with E-state index in [1.807, 2.05) is 34.9 Å². The number of carbonyl (C=O) groups is 3. The summed E-state index contributed by atoms with van der Waals surface area (Å²) < 4.78 is 12.4. The van der Waals surface area contributed by atoms with Crippen molar-refractivity contribution < 1.29 is 23.9 Å². The molecular formula is C23H24N6O5S. The summed E-state index contributed by atoms with van der Waals surface area (Å²) in [5.74, 6) is 1.12. The van der Waals surface area contributed by atoms with Crippen molar-refractivity contribution in [3.05, 3.63) is 54.4 Å². The van der Waals surface area contributed by atoms with Gasteiger partial charge in [0.25, 0.3) is 0 Å². The summed E-state index contributed by atoms with van der Waals surface area (Å²) in [5, 5.41) is 16.9. The number of urea groups is 1. The van der Waals surface area contributed by atoms with Crippen molar-refractivity contribution in [2.75, 3.05) is 25.3 Å². The zero-order chi connectivity index (χ0) is 24.8. The van der Waals surface area contributed by atoms with Gasteiger partial charge in [-0.2, -0.15) is 0 Å². The summed E-state index contributed by atoms with van der Waals surface area (Å²) in [6.45, 7) is 0. The van der Waals surface area contributed by atoms with E-state index in [-0.39, 0.29) is 24.0 Å². The number of nitrogens with zero attached hydrogens (tertiary/aromatic N) is 3. The standard InChI is InChI=1S/C23H24N6O5S/c1-33-16-8-9-18(34-2)17(12-16)25-21(31)13-35-23-28-27-19(29(23)15-6-4-3-5-7-15)10-14-11-20(30)26-22(32)24-14/h3-9,12,14H,10-11,13H2,1-2H3,(H,25,31)(H2,24,26,30,32). The third-order valence-electron chi connectivity index (χ3n) is 5.18. The summed E-state index contributed by atoms with van der Waals surface area (Å²) in [6.07, 6.45) is 0.440. The van der Waals surface area contributed by atoms with E-state index in [4.69, 9.17) is 9.47 Å². The van der Waals surface area contributed by atoms with Gasteiger partial charge in [-0.25, -0.2) is 4.79 Å². The smallest absolute Gasteiger partial charge is 0.321 e. The molecule has 1 aliphatic rings. The molecule has 4 rings (SSSR count). The van der Waals surface area contributed by atoms with Gasteiger partial charge in [-0.1, -0.05) is 30.0 Å². The van der Waals surface area contributed by atoms with E-state index in [1.165, 1.54) is 18.9 Å². The minimum absolute atomic E-state index is 0.0634. The Morgan fingerprint density at radius 2 is 1.94 bits per heavy atom. The molecule has 3 aromatic rings. The lowest BCUT2D eigenvalue weighted by Gasteiger charge is -2.23. The summed E-state index contributed by atoms with van der Waals surface area (Å²) >= 11 is 1.22. The average molecular weight is 497 g/mol. The molecule has 1 unspecified atom stereocenters. The minimum atomic E-state index is -0.531. The topological polar surface area (TPSA) is 136 Å². The van der Waals surface area contributed by atoms with E-state index in [9.17, 15) is 14.4 Å². The fourth-order valence-corrected chi connectivity index (χ4v) is 4.38. The number of hydrogen-bond acceptors (Lipinski definition) is 8. The normalized spacial score (nSPS) is 15.2. The highest BCUT2D eigenvalue weighted by Crippen LogP contribution is 2.29. The maximum atomic E-state index is 12.7. The fourth-order valence-electron chi connectivity index (χ4n) is 3.61. The van der Waals surface area contributed by atoms with E-state index in [0.717, 1.165) is 5.69 Å². The second-order valence-corrected chi connectivity index (χ2v) is 8.54. The highest BCUT2D eigenvalue weighted by Gasteiger charge is 2.27. The Morgan fingerprint density at radius 3 is 2.66 bits per heavy atom. The lowest BCUT2D eigenvalue weighted by Crippen LogP contribution is -2.53. The molecule has 0 bridgehead atoms. The Labute approximate surface area is 205 Å². The predicted molar refractivity (Wildman–Crippen MR) is 129 cm³/mol. The maximum absolute atomic E-state index is 12.7. The molecule has 12 heteroatoms. The minimum Gasteiger partial charge on any atom is -0.497 e. The van der Waals surface area contributed by atoms with E-state index < -0.39 is 12.1 Å². The first-order chi connectivity index (χ1) is 17.0. The van der Waals surface area contributed by atoms with Crippen molar-refractivity contribution in [1.29, 1.82) is 0 Å². The van der Waals surface area contributed by atoms with E-state index in [2.05, 4.69) is 26.1 Å². The molecular weight excluding hydrogens is 472 g/mol. The lowest BCUT2D eigenvalue weighted by molar-refractivity contribution is -0.121. The van der Waals surface area contributed by atoms with Crippen LogP contribution in [0, 0.1) is 0 Å². The quantitative estimate of drug-likeness (QED) is 0.384. The lowest BCUT2D eigenvalue weighted by atomic mass is 10.1. The van der Waals surface area contributed by atoms with Gasteiger partial charge in [0.15, 0.2) is 5.16 Å². The number of imide groups is 1. The van der Waals surface area contributed by atoms with Crippen LogP contribution in [0.3, 0.4) is 0 Å². The molecule has 1 saturated heterocycles. The van der Waals surface area contributed by atoms with Crippen LogP contribution in [0.5, 0.6) is 11.5 Å². The first kappa shape index (κ1) is 24.1. The van der Waals surface area contributed by atoms with Crippen molar-refractivity contribution in [3.63, 3.8) is 0 Å². The first-order valence-electron chi connectivity index (χ1n) is 10.7. The van der Waals surface area contributed by atoms with Gasteiger partial charge in [-0.3, -0.25) is 19.5 Å². The van der Waals surface area contributed by atoms with Gasteiger partial charge < -0.3 is 20.1 Å². The molecule has 1 fully saturated rings. The molecule has 0 spiro atoms. The Kier molecular flexibility index (Phi) is 7.51. The Hall–Kier alpha value is -4.06. The van der Waals surface area contributed by atoms with Crippen LogP contribution in [-0.4, -0.2) is 58.6 Å². The molecule has 0 saturated carbocycles. The van der Waals surface area contributed by atoms with Crippen LogP contribution in [0.1, 0.15) is 12.2 Å². The van der Waals surface area contributed by atoms with E-state index in [1.54, 1.807) is 25.3 Å². The number of aromatic nitrogens is 3. The molecule has 2 aromatic carbocycles. The summed E-state index contributed by atoms with van der Waals surface area (Å²) in [4.78, 5) is 36.2. The van der Waals surface area contributed by atoms with Crippen LogP contribution in [0.2, 0.25) is 0 Å². The van der Waals surface area contributed by atoms with Crippen LogP contribution in [0.4, 0.5) is 10.5 Å². The Morgan fingerprint density at radius 1 is 1.14 bits per heavy atom. The highest BCUT2D eigenvalue weighted by molar-refractivity contribution is 7.99. The third-order valence-corrected chi connectivity index (χ3v) is 6.11. The fraction of sp³-hybridized carbons (Fsp3) is 0.261. The zero-order valence-electron chi connectivity index (χ0n) is 19.1. The maximum Gasteiger partial charge on any atom is 0.321 e. The number of ether oxygens (including phenoxy) is 2. The molecule has 2 heterocycles. The molecule has 0 radical (unpaired) electrons. The molecule has 0 aliphatic carbocycles. The van der Waals surface area contributed by atoms with Gasteiger partial charge in [-0.15, -0.1) is 10.2 Å². The van der Waals surface area contributed by atoms with Gasteiger partial charge in [-0.05, 0) is 24.3 Å². The Bertz CT molecular complexity index is 1220. The summed E-state index contributed by atoms with van der Waals surface area (Å²) in [7, 11) is 3.07. The largest absolute Gasteiger partial charge is 0.497 e. The molecule has 11 nitrogen and oxygen atoms in total.